The molecule has 0 radical (unpaired) electrons. The maximum Gasteiger partial charge on any atom is 0.263 e. The average molecular weight is 459 g/mol. The van der Waals surface area contributed by atoms with Gasteiger partial charge in [-0.3, -0.25) is 4.79 Å². The molecule has 2 aromatic heterocycles. The second-order valence-electron chi connectivity index (χ2n) is 8.24. The highest BCUT2D eigenvalue weighted by Gasteiger charge is 2.33. The van der Waals surface area contributed by atoms with Gasteiger partial charge in [-0.1, -0.05) is 23.7 Å². The largest absolute Gasteiger partial charge is 0.397 e. The number of hydrogen-bond acceptors (Lipinski definition) is 6. The highest BCUT2D eigenvalue weighted by Crippen LogP contribution is 2.35. The third-order valence-electron chi connectivity index (χ3n) is 6.01. The molecule has 4 N–H and O–H groups in total. The number of nitrogen functional groups attached to an aromatic ring is 1. The van der Waals surface area contributed by atoms with Crippen molar-refractivity contribution in [2.24, 2.45) is 0 Å². The number of nitrogens with one attached hydrogen (secondary N) is 1. The number of piperidine rings is 1. The summed E-state index contributed by atoms with van der Waals surface area (Å²) in [5, 5.41) is 15.5. The van der Waals surface area contributed by atoms with Gasteiger partial charge < -0.3 is 21.1 Å². The summed E-state index contributed by atoms with van der Waals surface area (Å²) in [6.07, 6.45) is 1.30. The van der Waals surface area contributed by atoms with Crippen molar-refractivity contribution in [1.29, 1.82) is 0 Å². The van der Waals surface area contributed by atoms with Crippen LogP contribution in [0.3, 0.4) is 0 Å². The number of anilines is 1. The molecule has 4 rings (SSSR count). The zero-order valence-corrected chi connectivity index (χ0v) is 19.3. The lowest BCUT2D eigenvalue weighted by atomic mass is 9.84. The van der Waals surface area contributed by atoms with Gasteiger partial charge in [0.15, 0.2) is 0 Å². The predicted molar refractivity (Wildman–Crippen MR) is 127 cm³/mol. The number of rotatable bonds is 5. The first-order chi connectivity index (χ1) is 14.8. The Morgan fingerprint density at radius 3 is 2.65 bits per heavy atom. The van der Waals surface area contributed by atoms with Gasteiger partial charge in [0.05, 0.1) is 11.3 Å². The lowest BCUT2D eigenvalue weighted by Crippen LogP contribution is -2.45. The SMILES string of the molecule is Cc1cc(C)c2c(N)c(C(=O)NCCN3CCC(O)(c4ccc(Cl)cc4)CC3)sc2n1. The Bertz CT molecular complexity index is 1100. The number of nitrogens with two attached hydrogens (primary N) is 1. The van der Waals surface area contributed by atoms with Crippen LogP contribution in [0.4, 0.5) is 5.69 Å². The van der Waals surface area contributed by atoms with E-state index in [9.17, 15) is 9.90 Å². The van der Waals surface area contributed by atoms with Crippen LogP contribution in [0.15, 0.2) is 30.3 Å². The topological polar surface area (TPSA) is 91.5 Å². The number of hydrogen-bond donors (Lipinski definition) is 3. The van der Waals surface area contributed by atoms with Gasteiger partial charge in [0.2, 0.25) is 0 Å². The van der Waals surface area contributed by atoms with Crippen LogP contribution in [0.25, 0.3) is 10.2 Å². The van der Waals surface area contributed by atoms with Gasteiger partial charge in [-0.25, -0.2) is 4.98 Å². The summed E-state index contributed by atoms with van der Waals surface area (Å²) in [6.45, 7) is 6.71. The number of amides is 1. The molecule has 1 aliphatic heterocycles. The molecule has 31 heavy (non-hydrogen) atoms. The Hall–Kier alpha value is -2.19. The number of aryl methyl sites for hydroxylation is 2. The monoisotopic (exact) mass is 458 g/mol. The standard InChI is InChI=1S/C23H27ClN4O2S/c1-14-13-15(2)27-22-18(14)19(25)20(31-22)21(29)26-9-12-28-10-7-23(30,8-11-28)16-3-5-17(24)6-4-16/h3-6,13,30H,7-12,25H2,1-2H3,(H,26,29). The first-order valence-corrected chi connectivity index (χ1v) is 11.6. The van der Waals surface area contributed by atoms with Crippen LogP contribution in [0.5, 0.6) is 0 Å². The van der Waals surface area contributed by atoms with Crippen LogP contribution in [0.1, 0.15) is 39.3 Å². The van der Waals surface area contributed by atoms with Crippen LogP contribution in [-0.4, -0.2) is 47.1 Å². The number of nitrogens with zero attached hydrogens (tertiary/aromatic N) is 2. The van der Waals surface area contributed by atoms with E-state index in [-0.39, 0.29) is 5.91 Å². The fourth-order valence-electron chi connectivity index (χ4n) is 4.24. The molecule has 1 fully saturated rings. The van der Waals surface area contributed by atoms with Crippen molar-refractivity contribution in [3.63, 3.8) is 0 Å². The van der Waals surface area contributed by atoms with Crippen LogP contribution in [-0.2, 0) is 5.60 Å². The van der Waals surface area contributed by atoms with Crippen LogP contribution in [0.2, 0.25) is 5.02 Å². The number of thiophene rings is 1. The van der Waals surface area contributed by atoms with Crippen molar-refractivity contribution in [1.82, 2.24) is 15.2 Å². The second-order valence-corrected chi connectivity index (χ2v) is 9.68. The molecule has 8 heteroatoms. The number of carbonyl (C=O) groups is 1. The van der Waals surface area contributed by atoms with Crippen molar-refractivity contribution in [3.05, 3.63) is 57.1 Å². The van der Waals surface area contributed by atoms with Crippen molar-refractivity contribution in [3.8, 4) is 0 Å². The first kappa shape index (κ1) is 22.0. The smallest absolute Gasteiger partial charge is 0.263 e. The molecule has 3 heterocycles. The molecule has 1 aliphatic rings. The molecule has 0 bridgehead atoms. The Morgan fingerprint density at radius 1 is 1.29 bits per heavy atom. The number of halogens is 1. The summed E-state index contributed by atoms with van der Waals surface area (Å²) >= 11 is 7.30. The Labute approximate surface area is 191 Å². The van der Waals surface area contributed by atoms with E-state index in [1.54, 1.807) is 0 Å². The molecule has 3 aromatic rings. The molecule has 0 atom stereocenters. The van der Waals surface area contributed by atoms with E-state index >= 15 is 0 Å². The molecule has 0 saturated carbocycles. The number of likely N-dealkylation sites (tertiary alicyclic amines) is 1. The maximum atomic E-state index is 12.7. The van der Waals surface area contributed by atoms with Crippen molar-refractivity contribution in [2.45, 2.75) is 32.3 Å². The van der Waals surface area contributed by atoms with Gasteiger partial charge in [0.25, 0.3) is 5.91 Å². The molecule has 0 spiro atoms. The summed E-state index contributed by atoms with van der Waals surface area (Å²) in [7, 11) is 0. The van der Waals surface area contributed by atoms with E-state index in [1.165, 1.54) is 11.3 Å². The number of carbonyl (C=O) groups excluding carboxylic acids is 1. The molecule has 164 valence electrons. The van der Waals surface area contributed by atoms with E-state index in [0.29, 0.717) is 35.0 Å². The number of aliphatic hydroxyl groups is 1. The van der Waals surface area contributed by atoms with Crippen LogP contribution in [0, 0.1) is 13.8 Å². The summed E-state index contributed by atoms with van der Waals surface area (Å²) < 4.78 is 0. The summed E-state index contributed by atoms with van der Waals surface area (Å²) in [5.74, 6) is -0.160. The highest BCUT2D eigenvalue weighted by atomic mass is 35.5. The quantitative estimate of drug-likeness (QED) is 0.540. The van der Waals surface area contributed by atoms with E-state index in [4.69, 9.17) is 17.3 Å². The fraction of sp³-hybridized carbons (Fsp3) is 0.391. The average Bonchev–Trinajstić information content (AvgIpc) is 3.06. The van der Waals surface area contributed by atoms with Gasteiger partial charge in [-0.2, -0.15) is 0 Å². The van der Waals surface area contributed by atoms with Crippen LogP contribution < -0.4 is 11.1 Å². The number of fused-ring (bicyclic) bond motifs is 1. The molecule has 0 aliphatic carbocycles. The fourth-order valence-corrected chi connectivity index (χ4v) is 5.50. The van der Waals surface area contributed by atoms with Crippen molar-refractivity contribution in [2.75, 3.05) is 31.9 Å². The molecular formula is C23H27ClN4O2S. The minimum absolute atomic E-state index is 0.160. The van der Waals surface area contributed by atoms with Gasteiger partial charge in [0, 0.05) is 42.3 Å². The van der Waals surface area contributed by atoms with Crippen molar-refractivity contribution < 1.29 is 9.90 Å². The van der Waals surface area contributed by atoms with Gasteiger partial charge in [0.1, 0.15) is 9.71 Å². The maximum absolute atomic E-state index is 12.7. The zero-order valence-electron chi connectivity index (χ0n) is 17.7. The minimum atomic E-state index is -0.821. The third-order valence-corrected chi connectivity index (χ3v) is 7.36. The summed E-state index contributed by atoms with van der Waals surface area (Å²) in [4.78, 5) is 20.8. The van der Waals surface area contributed by atoms with Crippen LogP contribution >= 0.6 is 22.9 Å². The van der Waals surface area contributed by atoms with E-state index < -0.39 is 5.60 Å². The van der Waals surface area contributed by atoms with Gasteiger partial charge in [-0.15, -0.1) is 11.3 Å². The molecule has 6 nitrogen and oxygen atoms in total. The molecular weight excluding hydrogens is 432 g/mol. The molecule has 1 saturated heterocycles. The Morgan fingerprint density at radius 2 is 1.97 bits per heavy atom. The van der Waals surface area contributed by atoms with E-state index in [2.05, 4.69) is 15.2 Å². The first-order valence-electron chi connectivity index (χ1n) is 10.4. The summed E-state index contributed by atoms with van der Waals surface area (Å²) in [6, 6.07) is 9.40. The van der Waals surface area contributed by atoms with E-state index in [1.807, 2.05) is 44.2 Å². The molecule has 0 unspecified atom stereocenters. The van der Waals surface area contributed by atoms with Gasteiger partial charge >= 0.3 is 0 Å². The lowest BCUT2D eigenvalue weighted by Gasteiger charge is -2.38. The number of benzene rings is 1. The normalized spacial score (nSPS) is 16.5. The lowest BCUT2D eigenvalue weighted by molar-refractivity contribution is -0.0255. The number of pyridine rings is 1. The molecule has 1 aromatic carbocycles. The zero-order chi connectivity index (χ0) is 22.2. The van der Waals surface area contributed by atoms with Gasteiger partial charge in [-0.05, 0) is 56.0 Å². The third kappa shape index (κ3) is 4.55. The molecule has 1 amide bonds. The van der Waals surface area contributed by atoms with Crippen molar-refractivity contribution >= 4 is 44.7 Å². The number of aromatic nitrogens is 1. The Kier molecular flexibility index (Phi) is 6.21. The summed E-state index contributed by atoms with van der Waals surface area (Å²) in [5.41, 5.74) is 8.81. The predicted octanol–water partition coefficient (Wildman–Crippen LogP) is 3.86. The second kappa shape index (κ2) is 8.74. The Balaban J connectivity index is 1.32. The highest BCUT2D eigenvalue weighted by molar-refractivity contribution is 7.21. The minimum Gasteiger partial charge on any atom is -0.397 e. The van der Waals surface area contributed by atoms with E-state index in [0.717, 1.165) is 46.7 Å².